The van der Waals surface area contributed by atoms with Crippen LogP contribution in [-0.4, -0.2) is 5.11 Å². The van der Waals surface area contributed by atoms with Crippen molar-refractivity contribution in [3.05, 3.63) is 17.5 Å². The van der Waals surface area contributed by atoms with Gasteiger partial charge in [0.15, 0.2) is 0 Å². The van der Waals surface area contributed by atoms with Crippen molar-refractivity contribution in [2.75, 3.05) is 11.5 Å². The smallest absolute Gasteiger partial charge is 0.141 e. The van der Waals surface area contributed by atoms with Crippen LogP contribution in [0.4, 0.5) is 11.4 Å². The molecule has 1 heterocycles. The zero-order valence-electron chi connectivity index (χ0n) is 6.24. The lowest BCUT2D eigenvalue weighted by Gasteiger charge is -2.03. The first kappa shape index (κ1) is 7.24. The second-order valence-electron chi connectivity index (χ2n) is 2.56. The highest BCUT2D eigenvalue weighted by atomic mass is 32.1. The van der Waals surface area contributed by atoms with Gasteiger partial charge in [-0.05, 0) is 22.9 Å². The molecule has 0 saturated carbocycles. The van der Waals surface area contributed by atoms with Crippen LogP contribution >= 0.6 is 11.3 Å². The van der Waals surface area contributed by atoms with Crippen LogP contribution in [0.2, 0.25) is 0 Å². The molecule has 0 saturated heterocycles. The molecule has 0 bridgehead atoms. The quantitative estimate of drug-likeness (QED) is 0.427. The van der Waals surface area contributed by atoms with Gasteiger partial charge in [0.2, 0.25) is 0 Å². The number of aromatic hydroxyl groups is 1. The van der Waals surface area contributed by atoms with Crippen LogP contribution in [0, 0.1) is 0 Å². The minimum absolute atomic E-state index is 0.0541. The van der Waals surface area contributed by atoms with E-state index in [2.05, 4.69) is 0 Å². The van der Waals surface area contributed by atoms with E-state index < -0.39 is 0 Å². The Kier molecular flexibility index (Phi) is 1.38. The zero-order valence-corrected chi connectivity index (χ0v) is 7.06. The van der Waals surface area contributed by atoms with Crippen LogP contribution < -0.4 is 11.5 Å². The number of thiophene rings is 1. The van der Waals surface area contributed by atoms with E-state index in [1.807, 2.05) is 11.4 Å². The molecular weight excluding hydrogens is 172 g/mol. The molecule has 0 unspecified atom stereocenters. The summed E-state index contributed by atoms with van der Waals surface area (Å²) in [6.07, 6.45) is 0. The lowest BCUT2D eigenvalue weighted by atomic mass is 10.2. The molecule has 12 heavy (non-hydrogen) atoms. The number of phenols is 1. The van der Waals surface area contributed by atoms with Crippen molar-refractivity contribution in [1.29, 1.82) is 0 Å². The third-order valence-corrected chi connectivity index (χ3v) is 2.76. The fourth-order valence-electron chi connectivity index (χ4n) is 1.14. The van der Waals surface area contributed by atoms with E-state index >= 15 is 0 Å². The second-order valence-corrected chi connectivity index (χ2v) is 3.48. The fourth-order valence-corrected chi connectivity index (χ4v) is 1.99. The van der Waals surface area contributed by atoms with E-state index in [4.69, 9.17) is 11.5 Å². The molecule has 1 aromatic heterocycles. The Hall–Kier alpha value is -1.42. The summed E-state index contributed by atoms with van der Waals surface area (Å²) in [5.41, 5.74) is 12.0. The Morgan fingerprint density at radius 1 is 1.25 bits per heavy atom. The lowest BCUT2D eigenvalue weighted by Crippen LogP contribution is -1.94. The summed E-state index contributed by atoms with van der Waals surface area (Å²) in [7, 11) is 0. The maximum atomic E-state index is 9.32. The largest absolute Gasteiger partial charge is 0.506 e. The molecule has 2 aromatic rings. The van der Waals surface area contributed by atoms with Gasteiger partial charge in [-0.2, -0.15) is 0 Å². The summed E-state index contributed by atoms with van der Waals surface area (Å²) in [6, 6.07) is 3.52. The van der Waals surface area contributed by atoms with Crippen molar-refractivity contribution in [3.8, 4) is 5.75 Å². The minimum atomic E-state index is 0.0541. The molecule has 62 valence electrons. The number of anilines is 2. The lowest BCUT2D eigenvalue weighted by molar-refractivity contribution is 0.479. The molecule has 0 radical (unpaired) electrons. The predicted octanol–water partition coefficient (Wildman–Crippen LogP) is 1.77. The maximum Gasteiger partial charge on any atom is 0.141 e. The maximum absolute atomic E-state index is 9.32. The molecule has 0 aliphatic heterocycles. The van der Waals surface area contributed by atoms with Gasteiger partial charge in [0.1, 0.15) is 5.75 Å². The summed E-state index contributed by atoms with van der Waals surface area (Å²) in [5, 5.41) is 12.2. The van der Waals surface area contributed by atoms with Crippen molar-refractivity contribution in [2.45, 2.75) is 0 Å². The van der Waals surface area contributed by atoms with Crippen LogP contribution in [0.25, 0.3) is 10.1 Å². The van der Waals surface area contributed by atoms with E-state index in [-0.39, 0.29) is 11.4 Å². The molecule has 0 spiro atoms. The number of phenolic OH excluding ortho intramolecular Hbond substituents is 1. The van der Waals surface area contributed by atoms with Crippen molar-refractivity contribution < 1.29 is 5.11 Å². The summed E-state index contributed by atoms with van der Waals surface area (Å²) < 4.78 is 0.935. The third kappa shape index (κ3) is 0.816. The monoisotopic (exact) mass is 180 g/mol. The number of hydrogen-bond acceptors (Lipinski definition) is 4. The van der Waals surface area contributed by atoms with Crippen LogP contribution in [0.5, 0.6) is 5.75 Å². The van der Waals surface area contributed by atoms with Crippen LogP contribution in [-0.2, 0) is 0 Å². The number of nitrogens with two attached hydrogens (primary N) is 2. The molecule has 2 rings (SSSR count). The van der Waals surface area contributed by atoms with Gasteiger partial charge in [0.25, 0.3) is 0 Å². The average Bonchev–Trinajstić information content (AvgIpc) is 2.48. The number of benzene rings is 1. The molecule has 4 heteroatoms. The Bertz CT molecular complexity index is 436. The summed E-state index contributed by atoms with van der Waals surface area (Å²) in [4.78, 5) is 0. The van der Waals surface area contributed by atoms with Crippen molar-refractivity contribution >= 4 is 32.8 Å². The Morgan fingerprint density at radius 3 is 2.75 bits per heavy atom. The highest BCUT2D eigenvalue weighted by Crippen LogP contribution is 2.37. The molecular formula is C8H8N2OS. The van der Waals surface area contributed by atoms with Gasteiger partial charge in [-0.25, -0.2) is 0 Å². The number of rotatable bonds is 0. The van der Waals surface area contributed by atoms with E-state index in [0.717, 1.165) is 10.1 Å². The molecule has 0 aliphatic rings. The Balaban J connectivity index is 2.94. The first-order valence-electron chi connectivity index (χ1n) is 3.44. The molecule has 0 fully saturated rings. The van der Waals surface area contributed by atoms with E-state index in [1.165, 1.54) is 11.3 Å². The van der Waals surface area contributed by atoms with Gasteiger partial charge in [-0.1, -0.05) is 0 Å². The van der Waals surface area contributed by atoms with Gasteiger partial charge < -0.3 is 16.6 Å². The normalized spacial score (nSPS) is 10.7. The third-order valence-electron chi connectivity index (χ3n) is 1.80. The first-order valence-corrected chi connectivity index (χ1v) is 4.32. The summed E-state index contributed by atoms with van der Waals surface area (Å²) in [6.45, 7) is 0. The Labute approximate surface area is 73.2 Å². The minimum Gasteiger partial charge on any atom is -0.506 e. The van der Waals surface area contributed by atoms with Gasteiger partial charge in [-0.15, -0.1) is 11.3 Å². The topological polar surface area (TPSA) is 72.3 Å². The van der Waals surface area contributed by atoms with Gasteiger partial charge in [0, 0.05) is 0 Å². The SMILES string of the molecule is Nc1c(O)cc2ccsc2c1N. The zero-order chi connectivity index (χ0) is 8.72. The number of hydrogen-bond donors (Lipinski definition) is 3. The average molecular weight is 180 g/mol. The molecule has 1 aromatic carbocycles. The number of fused-ring (bicyclic) bond motifs is 1. The first-order chi connectivity index (χ1) is 5.70. The van der Waals surface area contributed by atoms with Crippen molar-refractivity contribution in [2.24, 2.45) is 0 Å². The van der Waals surface area contributed by atoms with E-state index in [0.29, 0.717) is 5.69 Å². The Morgan fingerprint density at radius 2 is 2.00 bits per heavy atom. The predicted molar refractivity (Wildman–Crippen MR) is 52.3 cm³/mol. The fraction of sp³-hybridized carbons (Fsp3) is 0. The van der Waals surface area contributed by atoms with Crippen LogP contribution in [0.15, 0.2) is 17.5 Å². The van der Waals surface area contributed by atoms with Gasteiger partial charge >= 0.3 is 0 Å². The van der Waals surface area contributed by atoms with Crippen molar-refractivity contribution in [3.63, 3.8) is 0 Å². The van der Waals surface area contributed by atoms with Crippen LogP contribution in [0.3, 0.4) is 0 Å². The van der Waals surface area contributed by atoms with Gasteiger partial charge in [0.05, 0.1) is 16.1 Å². The van der Waals surface area contributed by atoms with Crippen LogP contribution in [0.1, 0.15) is 0 Å². The van der Waals surface area contributed by atoms with E-state index in [1.54, 1.807) is 6.07 Å². The van der Waals surface area contributed by atoms with Gasteiger partial charge in [-0.3, -0.25) is 0 Å². The van der Waals surface area contributed by atoms with E-state index in [9.17, 15) is 5.11 Å². The molecule has 3 nitrogen and oxygen atoms in total. The molecule has 5 N–H and O–H groups in total. The second kappa shape index (κ2) is 2.28. The standard InChI is InChI=1S/C8H8N2OS/c9-6-5(11)3-4-1-2-12-8(4)7(6)10/h1-3,11H,9-10H2. The van der Waals surface area contributed by atoms with Crippen molar-refractivity contribution in [1.82, 2.24) is 0 Å². The molecule has 0 aliphatic carbocycles. The summed E-state index contributed by atoms with van der Waals surface area (Å²) >= 11 is 1.52. The highest BCUT2D eigenvalue weighted by Gasteiger charge is 2.07. The molecule has 0 atom stereocenters. The molecule has 0 amide bonds. The number of nitrogen functional groups attached to an aromatic ring is 2. The summed E-state index contributed by atoms with van der Waals surface area (Å²) in [5.74, 6) is 0.0541. The highest BCUT2D eigenvalue weighted by molar-refractivity contribution is 7.17.